The molecule has 0 atom stereocenters. The zero-order chi connectivity index (χ0) is 18.1. The molecule has 0 fully saturated rings. The van der Waals surface area contributed by atoms with Crippen molar-refractivity contribution in [1.82, 2.24) is 10.6 Å². The minimum Gasteiger partial charge on any atom is -0.493 e. The van der Waals surface area contributed by atoms with Crippen molar-refractivity contribution in [3.05, 3.63) is 58.6 Å². The fraction of sp³-hybridized carbons (Fsp3) is 0.316. The van der Waals surface area contributed by atoms with Gasteiger partial charge in [-0.3, -0.25) is 4.99 Å². The number of nitrogens with zero attached hydrogens (tertiary/aromatic N) is 1. The monoisotopic (exact) mass is 489 g/mol. The Morgan fingerprint density at radius 2 is 1.73 bits per heavy atom. The molecule has 0 amide bonds. The third-order valence-corrected chi connectivity index (χ3v) is 4.17. The molecule has 2 N–H and O–H groups in total. The lowest BCUT2D eigenvalue weighted by Gasteiger charge is -2.15. The van der Waals surface area contributed by atoms with Gasteiger partial charge in [-0.25, -0.2) is 0 Å². The average Bonchev–Trinajstić information content (AvgIpc) is 2.65. The first-order valence-electron chi connectivity index (χ1n) is 8.07. The summed E-state index contributed by atoms with van der Waals surface area (Å²) in [6.45, 7) is 1.31. The van der Waals surface area contributed by atoms with Crippen LogP contribution in [0.15, 0.2) is 47.5 Å². The Bertz CT molecular complexity index is 726. The zero-order valence-corrected chi connectivity index (χ0v) is 18.3. The number of nitrogens with one attached hydrogen (secondary N) is 2. The number of guanidine groups is 1. The molecule has 142 valence electrons. The fourth-order valence-electron chi connectivity index (χ4n) is 2.51. The molecule has 0 radical (unpaired) electrons. The lowest BCUT2D eigenvalue weighted by molar-refractivity contribution is 0.351. The second-order valence-electron chi connectivity index (χ2n) is 5.35. The van der Waals surface area contributed by atoms with Gasteiger partial charge >= 0.3 is 0 Å². The number of ether oxygens (including phenoxy) is 2. The van der Waals surface area contributed by atoms with Gasteiger partial charge in [0.2, 0.25) is 0 Å². The molecule has 0 aliphatic rings. The second kappa shape index (κ2) is 11.9. The smallest absolute Gasteiger partial charge is 0.191 e. The van der Waals surface area contributed by atoms with E-state index in [0.29, 0.717) is 12.3 Å². The maximum Gasteiger partial charge on any atom is 0.191 e. The van der Waals surface area contributed by atoms with Crippen molar-refractivity contribution < 1.29 is 9.47 Å². The summed E-state index contributed by atoms with van der Waals surface area (Å²) >= 11 is 6.18. The predicted octanol–water partition coefficient (Wildman–Crippen LogP) is 3.88. The molecular formula is C19H25ClIN3O2. The van der Waals surface area contributed by atoms with Gasteiger partial charge in [-0.05, 0) is 24.1 Å². The van der Waals surface area contributed by atoms with E-state index in [1.54, 1.807) is 21.3 Å². The Balaban J connectivity index is 0.00000338. The van der Waals surface area contributed by atoms with Crippen LogP contribution in [0.1, 0.15) is 11.1 Å². The van der Waals surface area contributed by atoms with E-state index in [-0.39, 0.29) is 24.0 Å². The molecular weight excluding hydrogens is 465 g/mol. The number of rotatable bonds is 7. The largest absolute Gasteiger partial charge is 0.493 e. The number of hydrogen-bond donors (Lipinski definition) is 2. The molecule has 2 aromatic rings. The minimum atomic E-state index is 0. The summed E-state index contributed by atoms with van der Waals surface area (Å²) in [7, 11) is 5.01. The van der Waals surface area contributed by atoms with Gasteiger partial charge in [-0.2, -0.15) is 0 Å². The Morgan fingerprint density at radius 3 is 2.38 bits per heavy atom. The Hall–Kier alpha value is -1.67. The topological polar surface area (TPSA) is 54.9 Å². The third-order valence-electron chi connectivity index (χ3n) is 3.80. The molecule has 0 aliphatic carbocycles. The van der Waals surface area contributed by atoms with Gasteiger partial charge < -0.3 is 20.1 Å². The summed E-state index contributed by atoms with van der Waals surface area (Å²) in [5, 5.41) is 7.36. The quantitative estimate of drug-likeness (QED) is 0.352. The summed E-state index contributed by atoms with van der Waals surface area (Å²) < 4.78 is 10.8. The maximum atomic E-state index is 6.18. The van der Waals surface area contributed by atoms with Gasteiger partial charge in [-0.1, -0.05) is 41.9 Å². The van der Waals surface area contributed by atoms with E-state index in [1.807, 2.05) is 42.5 Å². The number of benzene rings is 2. The number of aliphatic imine (C=N–C) groups is 1. The van der Waals surface area contributed by atoms with Gasteiger partial charge in [0, 0.05) is 30.7 Å². The maximum absolute atomic E-state index is 6.18. The third kappa shape index (κ3) is 6.25. The van der Waals surface area contributed by atoms with Crippen molar-refractivity contribution in [3.8, 4) is 11.5 Å². The average molecular weight is 490 g/mol. The van der Waals surface area contributed by atoms with Crippen LogP contribution in [0.25, 0.3) is 0 Å². The van der Waals surface area contributed by atoms with Crippen molar-refractivity contribution in [2.24, 2.45) is 4.99 Å². The molecule has 0 unspecified atom stereocenters. The van der Waals surface area contributed by atoms with Crippen molar-refractivity contribution in [2.75, 3.05) is 27.8 Å². The van der Waals surface area contributed by atoms with Gasteiger partial charge in [0.15, 0.2) is 17.5 Å². The predicted molar refractivity (Wildman–Crippen MR) is 118 cm³/mol. The summed E-state index contributed by atoms with van der Waals surface area (Å²) in [5.41, 5.74) is 2.11. The number of para-hydroxylation sites is 1. The van der Waals surface area contributed by atoms with Gasteiger partial charge in [-0.15, -0.1) is 24.0 Å². The van der Waals surface area contributed by atoms with Crippen molar-refractivity contribution in [2.45, 2.75) is 13.0 Å². The van der Waals surface area contributed by atoms with Crippen LogP contribution in [0.3, 0.4) is 0 Å². The first kappa shape index (κ1) is 22.4. The highest BCUT2D eigenvalue weighted by atomic mass is 127. The molecule has 0 saturated carbocycles. The highest BCUT2D eigenvalue weighted by molar-refractivity contribution is 14.0. The number of hydrogen-bond acceptors (Lipinski definition) is 3. The lowest BCUT2D eigenvalue weighted by atomic mass is 10.1. The van der Waals surface area contributed by atoms with E-state index < -0.39 is 0 Å². The summed E-state index contributed by atoms with van der Waals surface area (Å²) in [6, 6.07) is 13.7. The van der Waals surface area contributed by atoms with Crippen LogP contribution >= 0.6 is 35.6 Å². The van der Waals surface area contributed by atoms with E-state index in [0.717, 1.165) is 40.8 Å². The van der Waals surface area contributed by atoms with Crippen LogP contribution in [0, 0.1) is 0 Å². The first-order chi connectivity index (χ1) is 12.2. The fourth-order valence-corrected chi connectivity index (χ4v) is 2.74. The highest BCUT2D eigenvalue weighted by Crippen LogP contribution is 2.30. The van der Waals surface area contributed by atoms with E-state index in [4.69, 9.17) is 21.1 Å². The Kier molecular flexibility index (Phi) is 10.2. The van der Waals surface area contributed by atoms with Gasteiger partial charge in [0.25, 0.3) is 0 Å². The van der Waals surface area contributed by atoms with Crippen molar-refractivity contribution in [3.63, 3.8) is 0 Å². The number of halogens is 2. The van der Waals surface area contributed by atoms with Gasteiger partial charge in [0.1, 0.15) is 0 Å². The van der Waals surface area contributed by atoms with E-state index in [9.17, 15) is 0 Å². The molecule has 5 nitrogen and oxygen atoms in total. The summed E-state index contributed by atoms with van der Waals surface area (Å²) in [4.78, 5) is 4.24. The summed E-state index contributed by atoms with van der Waals surface area (Å²) in [6.07, 6.45) is 0.822. The SMILES string of the molecule is CN=C(NCCc1ccccc1Cl)NCc1cccc(OC)c1OC.I. The lowest BCUT2D eigenvalue weighted by Crippen LogP contribution is -2.37. The normalized spacial score (nSPS) is 10.7. The van der Waals surface area contributed by atoms with Crippen LogP contribution in [-0.2, 0) is 13.0 Å². The molecule has 0 heterocycles. The molecule has 0 saturated heterocycles. The molecule has 2 rings (SSSR count). The van der Waals surface area contributed by atoms with Crippen LogP contribution in [0.5, 0.6) is 11.5 Å². The van der Waals surface area contributed by atoms with Crippen molar-refractivity contribution >= 4 is 41.5 Å². The molecule has 0 spiro atoms. The first-order valence-corrected chi connectivity index (χ1v) is 8.45. The van der Waals surface area contributed by atoms with E-state index >= 15 is 0 Å². The second-order valence-corrected chi connectivity index (χ2v) is 5.75. The van der Waals surface area contributed by atoms with Crippen LogP contribution in [0.2, 0.25) is 5.02 Å². The van der Waals surface area contributed by atoms with Gasteiger partial charge in [0.05, 0.1) is 14.2 Å². The molecule has 2 aromatic carbocycles. The van der Waals surface area contributed by atoms with Crippen LogP contribution in [-0.4, -0.2) is 33.8 Å². The Labute approximate surface area is 177 Å². The minimum absolute atomic E-state index is 0. The van der Waals surface area contributed by atoms with Crippen molar-refractivity contribution in [1.29, 1.82) is 0 Å². The molecule has 0 aromatic heterocycles. The standard InChI is InChI=1S/C19H24ClN3O2.HI/c1-21-19(22-12-11-14-7-4-5-9-16(14)20)23-13-15-8-6-10-17(24-2)18(15)25-3;/h4-10H,11-13H2,1-3H3,(H2,21,22,23);1H. The Morgan fingerprint density at radius 1 is 1.00 bits per heavy atom. The molecule has 26 heavy (non-hydrogen) atoms. The molecule has 0 aliphatic heterocycles. The van der Waals surface area contributed by atoms with E-state index in [1.165, 1.54) is 0 Å². The van der Waals surface area contributed by atoms with E-state index in [2.05, 4.69) is 15.6 Å². The van der Waals surface area contributed by atoms with Crippen LogP contribution in [0.4, 0.5) is 0 Å². The highest BCUT2D eigenvalue weighted by Gasteiger charge is 2.09. The number of methoxy groups -OCH3 is 2. The summed E-state index contributed by atoms with van der Waals surface area (Å²) in [5.74, 6) is 2.16. The zero-order valence-electron chi connectivity index (χ0n) is 15.2. The molecule has 7 heteroatoms. The molecule has 0 bridgehead atoms. The van der Waals surface area contributed by atoms with Crippen LogP contribution < -0.4 is 20.1 Å².